The van der Waals surface area contributed by atoms with Crippen molar-refractivity contribution in [3.8, 4) is 11.8 Å². The maximum atomic E-state index is 11.1. The molecule has 0 aliphatic carbocycles. The third-order valence-corrected chi connectivity index (χ3v) is 2.62. The van der Waals surface area contributed by atoms with Crippen LogP contribution in [0.4, 0.5) is 0 Å². The Bertz CT molecular complexity index is 497. The van der Waals surface area contributed by atoms with Crippen molar-refractivity contribution in [1.82, 2.24) is 0 Å². The van der Waals surface area contributed by atoms with Gasteiger partial charge in [0.2, 0.25) is 10.0 Å². The summed E-state index contributed by atoms with van der Waals surface area (Å²) in [6.45, 7) is -0.0510. The van der Waals surface area contributed by atoms with E-state index in [1.807, 2.05) is 0 Å². The molecule has 0 bridgehead atoms. The second-order valence-electron chi connectivity index (χ2n) is 2.82. The van der Waals surface area contributed by atoms with Crippen LogP contribution in [-0.4, -0.2) is 20.1 Å². The predicted octanol–water partition coefficient (Wildman–Crippen LogP) is 0.0679. The molecule has 0 spiro atoms. The summed E-state index contributed by atoms with van der Waals surface area (Å²) in [7, 11) is -3.74. The normalized spacial score (nSPS) is 10.5. The van der Waals surface area contributed by atoms with Crippen LogP contribution in [0.1, 0.15) is 12.0 Å². The number of nitrogens with two attached hydrogens (primary N) is 1. The summed E-state index contributed by atoms with van der Waals surface area (Å²) in [5.41, 5.74) is 0.355. The van der Waals surface area contributed by atoms with Gasteiger partial charge in [-0.1, -0.05) is 24.0 Å². The van der Waals surface area contributed by atoms with E-state index in [0.717, 1.165) is 0 Å². The summed E-state index contributed by atoms with van der Waals surface area (Å²) < 4.78 is 22.3. The van der Waals surface area contributed by atoms with Crippen molar-refractivity contribution in [3.05, 3.63) is 29.8 Å². The Morgan fingerprint density at radius 3 is 2.60 bits per heavy atom. The van der Waals surface area contributed by atoms with Crippen molar-refractivity contribution >= 4 is 10.0 Å². The molecule has 1 rings (SSSR count). The van der Waals surface area contributed by atoms with E-state index in [9.17, 15) is 8.42 Å². The van der Waals surface area contributed by atoms with Gasteiger partial charge in [-0.2, -0.15) is 0 Å². The van der Waals surface area contributed by atoms with E-state index >= 15 is 0 Å². The van der Waals surface area contributed by atoms with Crippen LogP contribution in [0.3, 0.4) is 0 Å². The average molecular weight is 225 g/mol. The molecule has 0 aromatic heterocycles. The minimum atomic E-state index is -3.74. The van der Waals surface area contributed by atoms with Crippen LogP contribution in [0, 0.1) is 11.8 Å². The SMILES string of the molecule is NS(=O)(=O)c1ccccc1C#CCCO. The van der Waals surface area contributed by atoms with Crippen molar-refractivity contribution < 1.29 is 13.5 Å². The molecule has 0 saturated carbocycles. The molecular weight excluding hydrogens is 214 g/mol. The van der Waals surface area contributed by atoms with Gasteiger partial charge < -0.3 is 5.11 Å². The fraction of sp³-hybridized carbons (Fsp3) is 0.200. The minimum absolute atomic E-state index is 0.00967. The number of sulfonamides is 1. The summed E-state index contributed by atoms with van der Waals surface area (Å²) in [6.07, 6.45) is 0.305. The molecule has 1 aromatic rings. The molecule has 0 aliphatic heterocycles. The molecule has 0 aliphatic rings. The molecule has 0 amide bonds. The van der Waals surface area contributed by atoms with Crippen molar-refractivity contribution in [2.45, 2.75) is 11.3 Å². The molecule has 5 heteroatoms. The van der Waals surface area contributed by atoms with Gasteiger partial charge >= 0.3 is 0 Å². The first-order chi connectivity index (χ1) is 7.05. The van der Waals surface area contributed by atoms with Gasteiger partial charge in [0.15, 0.2) is 0 Å². The Kier molecular flexibility index (Phi) is 3.86. The van der Waals surface area contributed by atoms with Gasteiger partial charge in [-0.25, -0.2) is 13.6 Å². The second kappa shape index (κ2) is 4.94. The van der Waals surface area contributed by atoms with Crippen molar-refractivity contribution in [2.75, 3.05) is 6.61 Å². The first-order valence-electron chi connectivity index (χ1n) is 4.27. The number of primary sulfonamides is 1. The van der Waals surface area contributed by atoms with Crippen LogP contribution in [0.15, 0.2) is 29.2 Å². The van der Waals surface area contributed by atoms with E-state index in [1.54, 1.807) is 18.2 Å². The Hall–Kier alpha value is -1.35. The van der Waals surface area contributed by atoms with Crippen molar-refractivity contribution in [3.63, 3.8) is 0 Å². The largest absolute Gasteiger partial charge is 0.395 e. The number of aliphatic hydroxyl groups is 1. The van der Waals surface area contributed by atoms with E-state index in [4.69, 9.17) is 10.2 Å². The average Bonchev–Trinajstić information content (AvgIpc) is 2.17. The van der Waals surface area contributed by atoms with Gasteiger partial charge in [0.1, 0.15) is 0 Å². The monoisotopic (exact) mass is 225 g/mol. The Morgan fingerprint density at radius 1 is 1.33 bits per heavy atom. The molecule has 0 heterocycles. The third kappa shape index (κ3) is 3.36. The first kappa shape index (κ1) is 11.7. The summed E-state index contributed by atoms with van der Waals surface area (Å²) in [5, 5.41) is 13.5. The minimum Gasteiger partial charge on any atom is -0.395 e. The maximum absolute atomic E-state index is 11.1. The lowest BCUT2D eigenvalue weighted by Crippen LogP contribution is -2.13. The van der Waals surface area contributed by atoms with Gasteiger partial charge in [0.25, 0.3) is 0 Å². The van der Waals surface area contributed by atoms with Crippen LogP contribution < -0.4 is 5.14 Å². The molecule has 0 atom stereocenters. The van der Waals surface area contributed by atoms with E-state index in [0.29, 0.717) is 12.0 Å². The standard InChI is InChI=1S/C10H11NO3S/c11-15(13,14)10-7-2-1-5-9(10)6-3-4-8-12/h1-2,5,7,12H,4,8H2,(H2,11,13,14). The van der Waals surface area contributed by atoms with E-state index in [-0.39, 0.29) is 11.5 Å². The van der Waals surface area contributed by atoms with E-state index in [2.05, 4.69) is 11.8 Å². The molecule has 0 saturated heterocycles. The Morgan fingerprint density at radius 2 is 2.00 bits per heavy atom. The van der Waals surface area contributed by atoms with Gasteiger partial charge in [-0.15, -0.1) is 0 Å². The molecule has 0 unspecified atom stereocenters. The summed E-state index contributed by atoms with van der Waals surface area (Å²) in [6, 6.07) is 6.23. The van der Waals surface area contributed by atoms with Gasteiger partial charge in [-0.3, -0.25) is 0 Å². The molecule has 15 heavy (non-hydrogen) atoms. The third-order valence-electron chi connectivity index (χ3n) is 1.65. The van der Waals surface area contributed by atoms with Crippen LogP contribution in [0.2, 0.25) is 0 Å². The predicted molar refractivity (Wildman–Crippen MR) is 56.4 cm³/mol. The molecular formula is C10H11NO3S. The Labute approximate surface area is 88.8 Å². The van der Waals surface area contributed by atoms with E-state index in [1.165, 1.54) is 6.07 Å². The smallest absolute Gasteiger partial charge is 0.239 e. The second-order valence-corrected chi connectivity index (χ2v) is 4.35. The van der Waals surface area contributed by atoms with Crippen LogP contribution in [0.25, 0.3) is 0 Å². The number of hydrogen-bond acceptors (Lipinski definition) is 3. The number of rotatable bonds is 2. The summed E-state index contributed by atoms with van der Waals surface area (Å²) in [4.78, 5) is 0.00967. The molecule has 1 aromatic carbocycles. The first-order valence-corrected chi connectivity index (χ1v) is 5.82. The van der Waals surface area contributed by atoms with Crippen LogP contribution in [-0.2, 0) is 10.0 Å². The quantitative estimate of drug-likeness (QED) is 0.699. The lowest BCUT2D eigenvalue weighted by atomic mass is 10.2. The highest BCUT2D eigenvalue weighted by molar-refractivity contribution is 7.89. The summed E-state index contributed by atoms with van der Waals surface area (Å²) >= 11 is 0. The van der Waals surface area contributed by atoms with Gasteiger partial charge in [-0.05, 0) is 12.1 Å². The van der Waals surface area contributed by atoms with Gasteiger partial charge in [0, 0.05) is 12.0 Å². The zero-order chi connectivity index (χ0) is 11.3. The summed E-state index contributed by atoms with van der Waals surface area (Å²) in [5.74, 6) is 5.30. The van der Waals surface area contributed by atoms with Crippen molar-refractivity contribution in [2.24, 2.45) is 5.14 Å². The molecule has 3 N–H and O–H groups in total. The van der Waals surface area contributed by atoms with Crippen molar-refractivity contribution in [1.29, 1.82) is 0 Å². The fourth-order valence-corrected chi connectivity index (χ4v) is 1.73. The Balaban J connectivity index is 3.15. The van der Waals surface area contributed by atoms with Gasteiger partial charge in [0.05, 0.1) is 11.5 Å². The molecule has 0 radical (unpaired) electrons. The highest BCUT2D eigenvalue weighted by atomic mass is 32.2. The zero-order valence-corrected chi connectivity index (χ0v) is 8.79. The maximum Gasteiger partial charge on any atom is 0.239 e. The highest BCUT2D eigenvalue weighted by Gasteiger charge is 2.10. The topological polar surface area (TPSA) is 80.4 Å². The van der Waals surface area contributed by atoms with Crippen LogP contribution in [0.5, 0.6) is 0 Å². The fourth-order valence-electron chi connectivity index (χ4n) is 1.03. The van der Waals surface area contributed by atoms with Crippen LogP contribution >= 0.6 is 0 Å². The lowest BCUT2D eigenvalue weighted by molar-refractivity contribution is 0.305. The lowest BCUT2D eigenvalue weighted by Gasteiger charge is -2.00. The number of benzene rings is 1. The number of aliphatic hydroxyl groups excluding tert-OH is 1. The molecule has 80 valence electrons. The van der Waals surface area contributed by atoms with E-state index < -0.39 is 10.0 Å². The zero-order valence-electron chi connectivity index (χ0n) is 7.97. The number of hydrogen-bond donors (Lipinski definition) is 2. The highest BCUT2D eigenvalue weighted by Crippen LogP contribution is 2.11. The molecule has 4 nitrogen and oxygen atoms in total. The molecule has 0 fully saturated rings.